The van der Waals surface area contributed by atoms with Crippen LogP contribution in [-0.4, -0.2) is 6.79 Å². The van der Waals surface area contributed by atoms with Gasteiger partial charge < -0.3 is 18.6 Å². The van der Waals surface area contributed by atoms with Crippen molar-refractivity contribution in [2.45, 2.75) is 64.9 Å². The van der Waals surface area contributed by atoms with Crippen molar-refractivity contribution in [2.24, 2.45) is 0 Å². The van der Waals surface area contributed by atoms with Crippen LogP contribution in [-0.2, 0) is 25.9 Å². The maximum atomic E-state index is 12.4. The number of fused-ring (bicyclic) bond motifs is 4. The molecule has 0 spiro atoms. The Bertz CT molecular complexity index is 1210. The van der Waals surface area contributed by atoms with Crippen LogP contribution in [0.4, 0.5) is 0 Å². The third-order valence-corrected chi connectivity index (χ3v) is 6.73. The van der Waals surface area contributed by atoms with Crippen LogP contribution in [0.5, 0.6) is 17.2 Å². The molecule has 0 radical (unpaired) electrons. The Labute approximate surface area is 192 Å². The van der Waals surface area contributed by atoms with Gasteiger partial charge in [-0.05, 0) is 55.4 Å². The minimum absolute atomic E-state index is 0.200. The van der Waals surface area contributed by atoms with Gasteiger partial charge in [0.25, 0.3) is 0 Å². The molecule has 0 atom stereocenters. The highest BCUT2D eigenvalue weighted by Crippen LogP contribution is 2.38. The first-order chi connectivity index (χ1) is 15.6. The van der Waals surface area contributed by atoms with Gasteiger partial charge >= 0.3 is 5.63 Å². The quantitative estimate of drug-likeness (QED) is 0.292. The topological polar surface area (TPSA) is 57.9 Å². The Balaban J connectivity index is 1.47. The number of unbranched alkanes of at least 4 members (excludes halogenated alkanes) is 3. The largest absolute Gasteiger partial charge is 0.488 e. The zero-order chi connectivity index (χ0) is 22.1. The van der Waals surface area contributed by atoms with Gasteiger partial charge in [0, 0.05) is 28.6 Å². The molecule has 5 nitrogen and oxygen atoms in total. The molecule has 32 heavy (non-hydrogen) atoms. The van der Waals surface area contributed by atoms with Crippen LogP contribution in [0.1, 0.15) is 61.3 Å². The highest BCUT2D eigenvalue weighted by molar-refractivity contribution is 6.31. The SMILES string of the molecule is CCCCCCc1cc2c3c(c(=O)oc2cc1OCc1cc2c(cc1Cl)OCO2)CCC3. The lowest BCUT2D eigenvalue weighted by atomic mass is 10.00. The Morgan fingerprint density at radius 1 is 0.969 bits per heavy atom. The van der Waals surface area contributed by atoms with E-state index in [1.54, 1.807) is 6.07 Å². The first-order valence-corrected chi connectivity index (χ1v) is 11.8. The summed E-state index contributed by atoms with van der Waals surface area (Å²) in [5.41, 5.74) is 4.34. The Kier molecular flexibility index (Phi) is 6.01. The van der Waals surface area contributed by atoms with Crippen molar-refractivity contribution >= 4 is 22.6 Å². The van der Waals surface area contributed by atoms with E-state index in [0.717, 1.165) is 65.5 Å². The average molecular weight is 455 g/mol. The van der Waals surface area contributed by atoms with E-state index < -0.39 is 0 Å². The van der Waals surface area contributed by atoms with E-state index in [1.807, 2.05) is 12.1 Å². The molecular formula is C26H27ClO5. The number of benzene rings is 2. The monoisotopic (exact) mass is 454 g/mol. The van der Waals surface area contributed by atoms with Crippen LogP contribution in [0.15, 0.2) is 33.5 Å². The summed E-state index contributed by atoms with van der Waals surface area (Å²) in [6.45, 7) is 2.70. The molecule has 0 bridgehead atoms. The predicted octanol–water partition coefficient (Wildman–Crippen LogP) is 6.37. The lowest BCUT2D eigenvalue weighted by Crippen LogP contribution is -2.08. The molecule has 0 amide bonds. The fraction of sp³-hybridized carbons (Fsp3) is 0.423. The summed E-state index contributed by atoms with van der Waals surface area (Å²) in [6, 6.07) is 7.67. The maximum absolute atomic E-state index is 12.4. The van der Waals surface area contributed by atoms with Crippen molar-refractivity contribution in [3.63, 3.8) is 0 Å². The lowest BCUT2D eigenvalue weighted by molar-refractivity contribution is 0.174. The van der Waals surface area contributed by atoms with Crippen molar-refractivity contribution in [1.29, 1.82) is 0 Å². The van der Waals surface area contributed by atoms with Gasteiger partial charge in [0.1, 0.15) is 17.9 Å². The lowest BCUT2D eigenvalue weighted by Gasteiger charge is -2.15. The van der Waals surface area contributed by atoms with Crippen molar-refractivity contribution in [3.8, 4) is 17.2 Å². The second-order valence-corrected chi connectivity index (χ2v) is 8.96. The molecule has 2 aromatic carbocycles. The normalized spacial score (nSPS) is 14.2. The molecular weight excluding hydrogens is 428 g/mol. The average Bonchev–Trinajstić information content (AvgIpc) is 3.45. The molecule has 5 rings (SSSR count). The first-order valence-electron chi connectivity index (χ1n) is 11.5. The molecule has 3 aromatic rings. The minimum atomic E-state index is -0.217. The molecule has 0 saturated carbocycles. The molecule has 0 fully saturated rings. The van der Waals surface area contributed by atoms with E-state index in [2.05, 4.69) is 13.0 Å². The smallest absolute Gasteiger partial charge is 0.339 e. The summed E-state index contributed by atoms with van der Waals surface area (Å²) in [4.78, 5) is 12.4. The van der Waals surface area contributed by atoms with Crippen molar-refractivity contribution in [2.75, 3.05) is 6.79 Å². The number of hydrogen-bond donors (Lipinski definition) is 0. The van der Waals surface area contributed by atoms with E-state index in [9.17, 15) is 4.79 Å². The number of rotatable bonds is 8. The van der Waals surface area contributed by atoms with Gasteiger partial charge in [0.05, 0.1) is 5.02 Å². The van der Waals surface area contributed by atoms with Crippen LogP contribution >= 0.6 is 11.6 Å². The van der Waals surface area contributed by atoms with Crippen LogP contribution in [0, 0.1) is 0 Å². The number of halogens is 1. The molecule has 1 aromatic heterocycles. The molecule has 1 aliphatic heterocycles. The van der Waals surface area contributed by atoms with E-state index in [4.69, 9.17) is 30.2 Å². The molecule has 168 valence electrons. The summed E-state index contributed by atoms with van der Waals surface area (Å²) in [7, 11) is 0. The van der Waals surface area contributed by atoms with E-state index in [0.29, 0.717) is 22.1 Å². The van der Waals surface area contributed by atoms with Gasteiger partial charge in [-0.3, -0.25) is 0 Å². The predicted molar refractivity (Wildman–Crippen MR) is 124 cm³/mol. The van der Waals surface area contributed by atoms with Crippen LogP contribution in [0.2, 0.25) is 5.02 Å². The molecule has 2 heterocycles. The third kappa shape index (κ3) is 4.06. The second-order valence-electron chi connectivity index (χ2n) is 8.55. The van der Waals surface area contributed by atoms with Gasteiger partial charge in [-0.1, -0.05) is 37.8 Å². The first kappa shape index (κ1) is 21.2. The van der Waals surface area contributed by atoms with Crippen LogP contribution in [0.3, 0.4) is 0 Å². The molecule has 6 heteroatoms. The van der Waals surface area contributed by atoms with Gasteiger partial charge in [0.15, 0.2) is 11.5 Å². The fourth-order valence-corrected chi connectivity index (χ4v) is 4.86. The van der Waals surface area contributed by atoms with Crippen LogP contribution in [0.25, 0.3) is 11.0 Å². The zero-order valence-corrected chi connectivity index (χ0v) is 19.1. The highest BCUT2D eigenvalue weighted by atomic mass is 35.5. The minimum Gasteiger partial charge on any atom is -0.488 e. The molecule has 0 saturated heterocycles. The molecule has 1 aliphatic carbocycles. The van der Waals surface area contributed by atoms with Gasteiger partial charge in [-0.25, -0.2) is 4.79 Å². The number of aryl methyl sites for hydroxylation is 2. The summed E-state index contributed by atoms with van der Waals surface area (Å²) in [5.74, 6) is 2.06. The Morgan fingerprint density at radius 2 is 1.78 bits per heavy atom. The highest BCUT2D eigenvalue weighted by Gasteiger charge is 2.22. The number of ether oxygens (including phenoxy) is 3. The third-order valence-electron chi connectivity index (χ3n) is 6.38. The molecule has 0 N–H and O–H groups in total. The Hall–Kier alpha value is -2.66. The fourth-order valence-electron chi connectivity index (χ4n) is 4.65. The van der Waals surface area contributed by atoms with E-state index in [-0.39, 0.29) is 19.0 Å². The summed E-state index contributed by atoms with van der Waals surface area (Å²) >= 11 is 6.44. The molecule has 0 unspecified atom stereocenters. The van der Waals surface area contributed by atoms with Crippen molar-refractivity contribution < 1.29 is 18.6 Å². The van der Waals surface area contributed by atoms with Crippen molar-refractivity contribution in [3.05, 3.63) is 62.0 Å². The zero-order valence-electron chi connectivity index (χ0n) is 18.3. The van der Waals surface area contributed by atoms with Gasteiger partial charge in [0.2, 0.25) is 6.79 Å². The van der Waals surface area contributed by atoms with Crippen molar-refractivity contribution in [1.82, 2.24) is 0 Å². The molecule has 2 aliphatic rings. The Morgan fingerprint density at radius 3 is 2.62 bits per heavy atom. The summed E-state index contributed by atoms with van der Waals surface area (Å²) in [6.07, 6.45) is 8.37. The van der Waals surface area contributed by atoms with Gasteiger partial charge in [-0.2, -0.15) is 0 Å². The van der Waals surface area contributed by atoms with Crippen LogP contribution < -0.4 is 19.8 Å². The van der Waals surface area contributed by atoms with E-state index >= 15 is 0 Å². The standard InChI is InChI=1S/C26H27ClO5/c1-2-3-4-5-7-16-10-20-18-8-6-9-19(18)26(28)32-23(20)13-22(16)29-14-17-11-24-25(12-21(17)27)31-15-30-24/h10-13H,2-9,14-15H2,1H3. The van der Waals surface area contributed by atoms with E-state index in [1.165, 1.54) is 19.3 Å². The second kappa shape index (κ2) is 9.07. The van der Waals surface area contributed by atoms with Gasteiger partial charge in [-0.15, -0.1) is 0 Å². The summed E-state index contributed by atoms with van der Waals surface area (Å²) < 4.78 is 22.8. The number of hydrogen-bond acceptors (Lipinski definition) is 5. The maximum Gasteiger partial charge on any atom is 0.339 e. The summed E-state index contributed by atoms with van der Waals surface area (Å²) in [5, 5.41) is 1.62.